The van der Waals surface area contributed by atoms with E-state index in [1.807, 2.05) is 42.5 Å². The summed E-state index contributed by atoms with van der Waals surface area (Å²) in [5, 5.41) is 5.41. The minimum atomic E-state index is -0.565. The van der Waals surface area contributed by atoms with Gasteiger partial charge in [0.1, 0.15) is 11.8 Å². The summed E-state index contributed by atoms with van der Waals surface area (Å²) in [5.74, 6) is 0.373. The fourth-order valence-electron chi connectivity index (χ4n) is 3.93. The van der Waals surface area contributed by atoms with E-state index in [0.29, 0.717) is 12.8 Å². The Labute approximate surface area is 218 Å². The van der Waals surface area contributed by atoms with Crippen molar-refractivity contribution in [3.63, 3.8) is 0 Å². The first-order chi connectivity index (χ1) is 17.4. The van der Waals surface area contributed by atoms with Gasteiger partial charge in [0.25, 0.3) is 0 Å². The molecular weight excluding hydrogens is 448 g/mol. The van der Waals surface area contributed by atoms with Gasteiger partial charge in [-0.25, -0.2) is 0 Å². The first-order valence-electron chi connectivity index (χ1n) is 12.1. The topological polar surface area (TPSA) is 58.6 Å². The van der Waals surface area contributed by atoms with Crippen molar-refractivity contribution in [3.8, 4) is 5.75 Å². The van der Waals surface area contributed by atoms with Crippen LogP contribution >= 0.6 is 0 Å². The maximum Gasteiger partial charge on any atom is 0.249 e. The summed E-state index contributed by atoms with van der Waals surface area (Å²) in [5.41, 5.74) is 3.21. The number of rotatable bonds is 7. The number of likely N-dealkylation sites (N-methyl/N-ethyl adjacent to an activating group) is 1. The second kappa shape index (κ2) is 13.1. The van der Waals surface area contributed by atoms with Crippen LogP contribution in [0, 0.1) is 6.92 Å². The van der Waals surface area contributed by atoms with Gasteiger partial charge in [0.2, 0.25) is 11.8 Å². The molecule has 0 spiro atoms. The Balaban J connectivity index is 0.000000869. The number of carbonyl (C=O) groups is 2. The number of nitrogens with one attached hydrogen (secondary N) is 1. The number of aryl methyl sites for hydroxylation is 2. The molecule has 0 aliphatic carbocycles. The maximum atomic E-state index is 12.8. The number of hydrogen-bond donors (Lipinski definition) is 1. The number of nitrogens with zero attached hydrogens (tertiary/aromatic N) is 1. The standard InChI is InChI=1S/C20H24N2O3.C11H10.3H2/c1-15(23)21-19(14-9-16-7-5-4-6-8-16)20(24)22(2)17-10-12-18(25-3)13-11-17;1-9-6-7-10-4-2-3-5-11(10)8-9;;;/h4-8,10-13,19H,9,14H2,1-3H3,(H,21,23);2-8H,1H3;3*1H/t19-;;;;/m0..../s1. The molecule has 5 nitrogen and oxygen atoms in total. The molecule has 0 aliphatic rings. The monoisotopic (exact) mass is 488 g/mol. The van der Waals surface area contributed by atoms with E-state index in [4.69, 9.17) is 4.74 Å². The van der Waals surface area contributed by atoms with Gasteiger partial charge in [-0.1, -0.05) is 78.4 Å². The summed E-state index contributed by atoms with van der Waals surface area (Å²) in [6.45, 7) is 3.54. The molecule has 4 rings (SSSR count). The number of benzene rings is 4. The minimum absolute atomic E-state index is 0. The number of fused-ring (bicyclic) bond motifs is 1. The molecule has 0 heterocycles. The highest BCUT2D eigenvalue weighted by Gasteiger charge is 2.23. The van der Waals surface area contributed by atoms with Crippen molar-refractivity contribution in [3.05, 3.63) is 108 Å². The first-order valence-corrected chi connectivity index (χ1v) is 12.1. The number of methoxy groups -OCH3 is 1. The number of carbonyl (C=O) groups excluding carboxylic acids is 2. The molecule has 0 fully saturated rings. The van der Waals surface area contributed by atoms with Gasteiger partial charge in [0.15, 0.2) is 0 Å². The Morgan fingerprint density at radius 2 is 1.53 bits per heavy atom. The van der Waals surface area contributed by atoms with Crippen molar-refractivity contribution in [1.29, 1.82) is 0 Å². The molecule has 0 unspecified atom stereocenters. The van der Waals surface area contributed by atoms with Gasteiger partial charge in [-0.15, -0.1) is 0 Å². The number of anilines is 1. The summed E-state index contributed by atoms with van der Waals surface area (Å²) in [4.78, 5) is 25.9. The molecule has 0 radical (unpaired) electrons. The zero-order chi connectivity index (χ0) is 25.9. The van der Waals surface area contributed by atoms with Crippen LogP contribution in [0.25, 0.3) is 10.8 Å². The number of hydrogen-bond acceptors (Lipinski definition) is 3. The van der Waals surface area contributed by atoms with Crippen molar-refractivity contribution in [1.82, 2.24) is 5.32 Å². The minimum Gasteiger partial charge on any atom is -0.497 e. The predicted octanol–water partition coefficient (Wildman–Crippen LogP) is 6.68. The van der Waals surface area contributed by atoms with Gasteiger partial charge in [0, 0.05) is 23.9 Å². The molecule has 2 amide bonds. The van der Waals surface area contributed by atoms with Crippen LogP contribution < -0.4 is 15.0 Å². The van der Waals surface area contributed by atoms with Gasteiger partial charge >= 0.3 is 0 Å². The zero-order valence-electron chi connectivity index (χ0n) is 21.4. The summed E-state index contributed by atoms with van der Waals surface area (Å²) in [6, 6.07) is 31.5. The molecule has 0 saturated carbocycles. The third-order valence-electron chi connectivity index (χ3n) is 5.94. The van der Waals surface area contributed by atoms with Crippen molar-refractivity contribution >= 4 is 28.3 Å². The van der Waals surface area contributed by atoms with Gasteiger partial charge in [-0.2, -0.15) is 0 Å². The molecule has 0 bridgehead atoms. The fourth-order valence-corrected chi connectivity index (χ4v) is 3.93. The molecule has 0 saturated heterocycles. The molecular formula is C31H40N2O3. The number of ether oxygens (including phenoxy) is 1. The van der Waals surface area contributed by atoms with E-state index in [0.717, 1.165) is 17.0 Å². The van der Waals surface area contributed by atoms with E-state index < -0.39 is 6.04 Å². The van der Waals surface area contributed by atoms with E-state index in [1.165, 1.54) is 23.3 Å². The van der Waals surface area contributed by atoms with Crippen LogP contribution in [0.1, 0.15) is 28.8 Å². The summed E-state index contributed by atoms with van der Waals surface area (Å²) in [6.07, 6.45) is 1.26. The van der Waals surface area contributed by atoms with Crippen LogP contribution in [0.15, 0.2) is 97.1 Å². The van der Waals surface area contributed by atoms with Crippen LogP contribution in [-0.2, 0) is 16.0 Å². The van der Waals surface area contributed by atoms with Gasteiger partial charge < -0.3 is 15.0 Å². The highest BCUT2D eigenvalue weighted by molar-refractivity contribution is 5.98. The molecule has 5 heteroatoms. The van der Waals surface area contributed by atoms with E-state index in [-0.39, 0.29) is 16.1 Å². The molecule has 1 N–H and O–H groups in total. The Morgan fingerprint density at radius 3 is 2.17 bits per heavy atom. The van der Waals surface area contributed by atoms with Crippen LogP contribution in [-0.4, -0.2) is 32.0 Å². The SMILES string of the molecule is COc1ccc(N(C)C(=O)[C@H](CCc2ccccc2)NC(C)=O)cc1.Cc1ccc2ccccc2c1.[HH].[HH].[HH]. The lowest BCUT2D eigenvalue weighted by molar-refractivity contribution is -0.126. The van der Waals surface area contributed by atoms with Crippen molar-refractivity contribution in [2.45, 2.75) is 32.7 Å². The summed E-state index contributed by atoms with van der Waals surface area (Å²) in [7, 11) is 3.31. The Bertz CT molecular complexity index is 1290. The van der Waals surface area contributed by atoms with E-state index in [2.05, 4.69) is 54.7 Å². The lowest BCUT2D eigenvalue weighted by Gasteiger charge is -2.24. The molecule has 0 aromatic heterocycles. The normalized spacial score (nSPS) is 11.1. The fraction of sp³-hybridized carbons (Fsp3) is 0.226. The third kappa shape index (κ3) is 7.70. The van der Waals surface area contributed by atoms with Crippen LogP contribution in [0.5, 0.6) is 5.75 Å². The average Bonchev–Trinajstić information content (AvgIpc) is 2.91. The quantitative estimate of drug-likeness (QED) is 0.316. The molecule has 4 aromatic rings. The Morgan fingerprint density at radius 1 is 0.889 bits per heavy atom. The molecule has 36 heavy (non-hydrogen) atoms. The first kappa shape index (κ1) is 26.5. The van der Waals surface area contributed by atoms with E-state index in [9.17, 15) is 9.59 Å². The Kier molecular flexibility index (Phi) is 9.64. The Hall–Kier alpha value is -4.12. The smallest absolute Gasteiger partial charge is 0.249 e. The van der Waals surface area contributed by atoms with Crippen LogP contribution in [0.3, 0.4) is 0 Å². The van der Waals surface area contributed by atoms with Gasteiger partial charge in [-0.05, 0) is 60.4 Å². The molecule has 1 atom stereocenters. The van der Waals surface area contributed by atoms with Crippen LogP contribution in [0.2, 0.25) is 0 Å². The zero-order valence-corrected chi connectivity index (χ0v) is 21.4. The highest BCUT2D eigenvalue weighted by Crippen LogP contribution is 2.19. The molecule has 0 aliphatic heterocycles. The van der Waals surface area contributed by atoms with Gasteiger partial charge in [0.05, 0.1) is 7.11 Å². The summed E-state index contributed by atoms with van der Waals surface area (Å²) < 4.78 is 5.14. The van der Waals surface area contributed by atoms with Crippen molar-refractivity contribution < 1.29 is 18.6 Å². The lowest BCUT2D eigenvalue weighted by atomic mass is 10.0. The lowest BCUT2D eigenvalue weighted by Crippen LogP contribution is -2.47. The average molecular weight is 489 g/mol. The highest BCUT2D eigenvalue weighted by atomic mass is 16.5. The van der Waals surface area contributed by atoms with Crippen molar-refractivity contribution in [2.24, 2.45) is 0 Å². The molecule has 192 valence electrons. The summed E-state index contributed by atoms with van der Waals surface area (Å²) >= 11 is 0. The second-order valence-electron chi connectivity index (χ2n) is 8.72. The second-order valence-corrected chi connectivity index (χ2v) is 8.72. The third-order valence-corrected chi connectivity index (χ3v) is 5.94. The molecule has 4 aromatic carbocycles. The van der Waals surface area contributed by atoms with Gasteiger partial charge in [-0.3, -0.25) is 9.59 Å². The van der Waals surface area contributed by atoms with E-state index in [1.54, 1.807) is 31.2 Å². The van der Waals surface area contributed by atoms with Crippen molar-refractivity contribution in [2.75, 3.05) is 19.1 Å². The number of amides is 2. The predicted molar refractivity (Wildman–Crippen MR) is 154 cm³/mol. The largest absolute Gasteiger partial charge is 0.497 e. The van der Waals surface area contributed by atoms with Crippen LogP contribution in [0.4, 0.5) is 5.69 Å². The maximum absolute atomic E-state index is 12.8. The van der Waals surface area contributed by atoms with E-state index >= 15 is 0 Å².